The van der Waals surface area contributed by atoms with Crippen LogP contribution in [0.1, 0.15) is 57.8 Å². The summed E-state index contributed by atoms with van der Waals surface area (Å²) >= 11 is 0. The van der Waals surface area contributed by atoms with Crippen molar-refractivity contribution in [3.05, 3.63) is 35.5 Å². The Balaban J connectivity index is 2.25. The van der Waals surface area contributed by atoms with E-state index in [0.29, 0.717) is 25.8 Å². The lowest BCUT2D eigenvalue weighted by Gasteiger charge is -2.31. The smallest absolute Gasteiger partial charge is 0.413 e. The molecule has 0 aromatic carbocycles. The summed E-state index contributed by atoms with van der Waals surface area (Å²) in [4.78, 5) is 22.2. The van der Waals surface area contributed by atoms with Crippen LogP contribution in [-0.4, -0.2) is 35.1 Å². The normalized spacial score (nSPS) is 16.2. The zero-order valence-corrected chi connectivity index (χ0v) is 18.4. The summed E-state index contributed by atoms with van der Waals surface area (Å²) in [5, 5.41) is 2.30. The number of fused-ring (bicyclic) bond motifs is 1. The minimum Gasteiger partial charge on any atom is -0.434 e. The Labute approximate surface area is 184 Å². The molecule has 0 aliphatic carbocycles. The molecule has 1 aliphatic heterocycles. The number of hydrogen-bond donors (Lipinski definition) is 1. The maximum absolute atomic E-state index is 14.4. The molecule has 0 bridgehead atoms. The molecule has 10 heteroatoms. The molecule has 1 aliphatic rings. The zero-order chi connectivity index (χ0) is 23.7. The van der Waals surface area contributed by atoms with Gasteiger partial charge in [0.05, 0.1) is 11.3 Å². The van der Waals surface area contributed by atoms with Crippen molar-refractivity contribution < 1.29 is 27.1 Å². The number of anilines is 2. The predicted molar refractivity (Wildman–Crippen MR) is 113 cm³/mol. The van der Waals surface area contributed by atoms with E-state index in [0.717, 1.165) is 19.8 Å². The van der Waals surface area contributed by atoms with Crippen LogP contribution in [0.3, 0.4) is 0 Å². The van der Waals surface area contributed by atoms with Gasteiger partial charge in [-0.3, -0.25) is 5.32 Å². The fraction of sp³-hybridized carbons (Fsp3) is 0.500. The van der Waals surface area contributed by atoms with Crippen LogP contribution in [0.4, 0.5) is 34.0 Å². The van der Waals surface area contributed by atoms with Crippen molar-refractivity contribution >= 4 is 17.7 Å². The van der Waals surface area contributed by atoms with Gasteiger partial charge in [0.15, 0.2) is 6.10 Å². The third kappa shape index (κ3) is 4.94. The quantitative estimate of drug-likeness (QED) is 0.485. The second kappa shape index (κ2) is 8.91. The van der Waals surface area contributed by atoms with E-state index in [-0.39, 0.29) is 28.2 Å². The minimum atomic E-state index is -3.43. The van der Waals surface area contributed by atoms with E-state index in [1.54, 1.807) is 0 Å². The number of carbonyl (C=O) groups excluding carboxylic acids is 1. The second-order valence-electron chi connectivity index (χ2n) is 7.96. The molecule has 1 amide bonds. The summed E-state index contributed by atoms with van der Waals surface area (Å²) in [6.07, 6.45) is -0.142. The third-order valence-corrected chi connectivity index (χ3v) is 5.06. The third-order valence-electron chi connectivity index (χ3n) is 5.06. The molecule has 0 spiro atoms. The number of cyclic esters (lactones) is 1. The van der Waals surface area contributed by atoms with Gasteiger partial charge in [-0.15, -0.1) is 0 Å². The molecule has 0 radical (unpaired) electrons. The van der Waals surface area contributed by atoms with Crippen molar-refractivity contribution in [2.45, 2.75) is 58.5 Å². The monoisotopic (exact) mass is 454 g/mol. The summed E-state index contributed by atoms with van der Waals surface area (Å²) in [7, 11) is 0. The standard InChI is InChI=1S/C22H26F4N4O2/c1-5-9-30(10-6-2)16-12-13(21(3,23)24)11-15(28-16)14-7-8-27-19-17(14)18(22(4,25)26)32-20(31)29-19/h7-8,11-12,18H,5-6,9-10H2,1-4H3,(H,27,29,31)/t18-/m0/s1. The van der Waals surface area contributed by atoms with Crippen LogP contribution in [0.15, 0.2) is 24.4 Å². The summed E-state index contributed by atoms with van der Waals surface area (Å²) in [6, 6.07) is 3.91. The van der Waals surface area contributed by atoms with Gasteiger partial charge in [-0.2, -0.15) is 0 Å². The summed E-state index contributed by atoms with van der Waals surface area (Å²) < 4.78 is 62.3. The van der Waals surface area contributed by atoms with Crippen molar-refractivity contribution in [3.63, 3.8) is 0 Å². The highest BCUT2D eigenvalue weighted by atomic mass is 19.3. The number of alkyl halides is 4. The number of nitrogens with one attached hydrogen (secondary N) is 1. The second-order valence-corrected chi connectivity index (χ2v) is 7.96. The Morgan fingerprint density at radius 3 is 2.34 bits per heavy atom. The number of halogens is 4. The van der Waals surface area contributed by atoms with Crippen molar-refractivity contribution in [3.8, 4) is 11.3 Å². The van der Waals surface area contributed by atoms with E-state index in [1.807, 2.05) is 18.7 Å². The Morgan fingerprint density at radius 1 is 1.12 bits per heavy atom. The molecule has 0 saturated heterocycles. The lowest BCUT2D eigenvalue weighted by molar-refractivity contribution is -0.0984. The zero-order valence-electron chi connectivity index (χ0n) is 18.4. The first-order chi connectivity index (χ1) is 15.0. The molecule has 2 aromatic rings. The first-order valence-electron chi connectivity index (χ1n) is 10.5. The summed E-state index contributed by atoms with van der Waals surface area (Å²) in [5.74, 6) is -6.40. The molecule has 3 rings (SSSR count). The van der Waals surface area contributed by atoms with Crippen LogP contribution in [0, 0.1) is 0 Å². The molecule has 0 fully saturated rings. The van der Waals surface area contributed by atoms with Crippen LogP contribution in [0.25, 0.3) is 11.3 Å². The lowest BCUT2D eigenvalue weighted by Crippen LogP contribution is -2.35. The van der Waals surface area contributed by atoms with Crippen molar-refractivity contribution in [2.75, 3.05) is 23.3 Å². The molecule has 6 nitrogen and oxygen atoms in total. The van der Waals surface area contributed by atoms with Gasteiger partial charge in [-0.1, -0.05) is 13.8 Å². The molecule has 0 saturated carbocycles. The molecule has 174 valence electrons. The van der Waals surface area contributed by atoms with Crippen LogP contribution in [0.5, 0.6) is 0 Å². The average molecular weight is 454 g/mol. The van der Waals surface area contributed by atoms with Crippen molar-refractivity contribution in [2.24, 2.45) is 0 Å². The number of pyridine rings is 2. The molecule has 1 atom stereocenters. The topological polar surface area (TPSA) is 67.4 Å². The highest BCUT2D eigenvalue weighted by Gasteiger charge is 2.45. The van der Waals surface area contributed by atoms with Gasteiger partial charge < -0.3 is 9.64 Å². The van der Waals surface area contributed by atoms with E-state index in [2.05, 4.69) is 15.3 Å². The lowest BCUT2D eigenvalue weighted by atomic mass is 9.95. The number of carbonyl (C=O) groups is 1. The van der Waals surface area contributed by atoms with Crippen LogP contribution in [0.2, 0.25) is 0 Å². The molecule has 32 heavy (non-hydrogen) atoms. The molecule has 1 N–H and O–H groups in total. The Kier molecular flexibility index (Phi) is 6.61. The number of rotatable bonds is 8. The number of hydrogen-bond acceptors (Lipinski definition) is 5. The van der Waals surface area contributed by atoms with E-state index < -0.39 is 24.0 Å². The largest absolute Gasteiger partial charge is 0.434 e. The van der Waals surface area contributed by atoms with Gasteiger partial charge in [-0.05, 0) is 31.0 Å². The fourth-order valence-electron chi connectivity index (χ4n) is 3.66. The first kappa shape index (κ1) is 23.7. The highest BCUT2D eigenvalue weighted by molar-refractivity contribution is 5.89. The predicted octanol–water partition coefficient (Wildman–Crippen LogP) is 6.14. The van der Waals surface area contributed by atoms with Crippen LogP contribution < -0.4 is 10.2 Å². The van der Waals surface area contributed by atoms with Crippen LogP contribution in [-0.2, 0) is 10.7 Å². The van der Waals surface area contributed by atoms with Crippen molar-refractivity contribution in [1.82, 2.24) is 9.97 Å². The SMILES string of the molecule is CCCN(CCC)c1cc(C(C)(F)F)cc(-c2ccnc3c2[C@@H](C(C)(F)F)OC(=O)N3)n1. The van der Waals surface area contributed by atoms with E-state index in [1.165, 1.54) is 24.4 Å². The van der Waals surface area contributed by atoms with E-state index >= 15 is 0 Å². The van der Waals surface area contributed by atoms with E-state index in [4.69, 9.17) is 4.74 Å². The minimum absolute atomic E-state index is 0.0730. The maximum Gasteiger partial charge on any atom is 0.413 e. The van der Waals surface area contributed by atoms with Gasteiger partial charge in [-0.25, -0.2) is 32.3 Å². The number of nitrogens with zero attached hydrogens (tertiary/aromatic N) is 3. The van der Waals surface area contributed by atoms with Gasteiger partial charge in [0.25, 0.3) is 11.8 Å². The Hall–Kier alpha value is -2.91. The molecular formula is C22H26F4N4O2. The summed E-state index contributed by atoms with van der Waals surface area (Å²) in [5.41, 5.74) is -0.182. The molecule has 0 unspecified atom stereocenters. The molecule has 3 heterocycles. The molecular weight excluding hydrogens is 428 g/mol. The summed E-state index contributed by atoms with van der Waals surface area (Å²) in [6.45, 7) is 6.53. The first-order valence-corrected chi connectivity index (χ1v) is 10.5. The van der Waals surface area contributed by atoms with Crippen LogP contribution >= 0.6 is 0 Å². The number of ether oxygens (including phenoxy) is 1. The Morgan fingerprint density at radius 2 is 1.78 bits per heavy atom. The van der Waals surface area contributed by atoms with Gasteiger partial charge in [0, 0.05) is 44.3 Å². The van der Waals surface area contributed by atoms with Gasteiger partial charge >= 0.3 is 6.09 Å². The van der Waals surface area contributed by atoms with Crippen molar-refractivity contribution in [1.29, 1.82) is 0 Å². The average Bonchev–Trinajstić information content (AvgIpc) is 2.70. The highest BCUT2D eigenvalue weighted by Crippen LogP contribution is 2.45. The fourth-order valence-corrected chi connectivity index (χ4v) is 3.66. The number of amides is 1. The van der Waals surface area contributed by atoms with Gasteiger partial charge in [0.1, 0.15) is 11.6 Å². The number of aromatic nitrogens is 2. The molecule has 2 aromatic heterocycles. The van der Waals surface area contributed by atoms with E-state index in [9.17, 15) is 22.4 Å². The maximum atomic E-state index is 14.4. The Bertz CT molecular complexity index is 983. The van der Waals surface area contributed by atoms with Gasteiger partial charge in [0.2, 0.25) is 0 Å².